The molecule has 2 N–H and O–H groups in total. The van der Waals surface area contributed by atoms with Crippen LogP contribution in [0.3, 0.4) is 0 Å². The fraction of sp³-hybridized carbons (Fsp3) is 0.737. The second-order valence-electron chi connectivity index (χ2n) is 7.89. The zero-order valence-corrected chi connectivity index (χ0v) is 18.0. The summed E-state index contributed by atoms with van der Waals surface area (Å²) < 4.78 is 5.33. The molecule has 27 heavy (non-hydrogen) atoms. The van der Waals surface area contributed by atoms with E-state index in [2.05, 4.69) is 30.9 Å². The highest BCUT2D eigenvalue weighted by Gasteiger charge is 2.27. The maximum Gasteiger partial charge on any atom is 0.407 e. The SMILES string of the molecule is CN=C(NCCCCc1nc(C)cs1)N1CCC(NC(=O)OC(C)(C)C)C1. The molecule has 7 nitrogen and oxygen atoms in total. The molecular weight excluding hydrogens is 362 g/mol. The number of hydrogen-bond acceptors (Lipinski definition) is 5. The van der Waals surface area contributed by atoms with Crippen LogP contribution in [0.25, 0.3) is 0 Å². The molecule has 1 atom stereocenters. The van der Waals surface area contributed by atoms with Gasteiger partial charge in [0.05, 0.1) is 11.0 Å². The number of amides is 1. The highest BCUT2D eigenvalue weighted by molar-refractivity contribution is 7.09. The molecule has 0 bridgehead atoms. The van der Waals surface area contributed by atoms with Gasteiger partial charge in [0, 0.05) is 37.8 Å². The van der Waals surface area contributed by atoms with Crippen molar-refractivity contribution in [3.8, 4) is 0 Å². The molecule has 1 aromatic rings. The van der Waals surface area contributed by atoms with Crippen LogP contribution in [0.4, 0.5) is 4.79 Å². The summed E-state index contributed by atoms with van der Waals surface area (Å²) in [5.41, 5.74) is 0.634. The van der Waals surface area contributed by atoms with E-state index in [1.165, 1.54) is 5.01 Å². The van der Waals surface area contributed by atoms with E-state index in [-0.39, 0.29) is 12.1 Å². The van der Waals surface area contributed by atoms with Crippen LogP contribution < -0.4 is 10.6 Å². The van der Waals surface area contributed by atoms with Crippen LogP contribution in [0.2, 0.25) is 0 Å². The molecule has 1 aromatic heterocycles. The number of guanidine groups is 1. The lowest BCUT2D eigenvalue weighted by atomic mass is 10.2. The first-order chi connectivity index (χ1) is 12.8. The molecule has 1 amide bonds. The number of ether oxygens (including phenoxy) is 1. The summed E-state index contributed by atoms with van der Waals surface area (Å²) in [6.07, 6.45) is 3.76. The van der Waals surface area contributed by atoms with Crippen molar-refractivity contribution in [1.29, 1.82) is 0 Å². The van der Waals surface area contributed by atoms with Gasteiger partial charge in [0.1, 0.15) is 5.60 Å². The summed E-state index contributed by atoms with van der Waals surface area (Å²) in [5.74, 6) is 0.897. The van der Waals surface area contributed by atoms with Crippen LogP contribution in [0, 0.1) is 6.92 Å². The minimum atomic E-state index is -0.475. The highest BCUT2D eigenvalue weighted by atomic mass is 32.1. The first-order valence-electron chi connectivity index (χ1n) is 9.63. The van der Waals surface area contributed by atoms with Crippen LogP contribution in [0.15, 0.2) is 10.4 Å². The van der Waals surface area contributed by atoms with E-state index in [1.54, 1.807) is 18.4 Å². The molecule has 1 fully saturated rings. The van der Waals surface area contributed by atoms with Crippen LogP contribution in [-0.4, -0.2) is 60.3 Å². The minimum absolute atomic E-state index is 0.0894. The van der Waals surface area contributed by atoms with Crippen LogP contribution in [0.5, 0.6) is 0 Å². The van der Waals surface area contributed by atoms with Gasteiger partial charge in [-0.1, -0.05) is 0 Å². The van der Waals surface area contributed by atoms with Crippen molar-refractivity contribution in [2.75, 3.05) is 26.7 Å². The number of carbonyl (C=O) groups excluding carboxylic acids is 1. The lowest BCUT2D eigenvalue weighted by Gasteiger charge is -2.23. The number of unbranched alkanes of at least 4 members (excludes halogenated alkanes) is 1. The highest BCUT2D eigenvalue weighted by Crippen LogP contribution is 2.13. The van der Waals surface area contributed by atoms with Gasteiger partial charge in [-0.25, -0.2) is 9.78 Å². The number of alkyl carbamates (subject to hydrolysis) is 1. The van der Waals surface area contributed by atoms with Gasteiger partial charge in [-0.05, 0) is 53.4 Å². The number of nitrogens with zero attached hydrogens (tertiary/aromatic N) is 3. The zero-order chi connectivity index (χ0) is 19.9. The third kappa shape index (κ3) is 7.74. The fourth-order valence-corrected chi connectivity index (χ4v) is 3.81. The number of likely N-dealkylation sites (tertiary alicyclic amines) is 1. The Morgan fingerprint density at radius 2 is 2.22 bits per heavy atom. The van der Waals surface area contributed by atoms with Gasteiger partial charge in [-0.2, -0.15) is 0 Å². The second kappa shape index (κ2) is 9.92. The van der Waals surface area contributed by atoms with E-state index >= 15 is 0 Å². The number of aryl methyl sites for hydroxylation is 2. The number of rotatable bonds is 6. The number of carbonyl (C=O) groups is 1. The standard InChI is InChI=1S/C19H33N5O2S/c1-14-13-27-16(22-14)8-6-7-10-21-17(20-5)24-11-9-15(12-24)23-18(25)26-19(2,3)4/h13,15H,6-12H2,1-5H3,(H,20,21)(H,23,25). The van der Waals surface area contributed by atoms with Gasteiger partial charge in [-0.3, -0.25) is 4.99 Å². The van der Waals surface area contributed by atoms with E-state index in [1.807, 2.05) is 27.7 Å². The Bertz CT molecular complexity index is 638. The largest absolute Gasteiger partial charge is 0.444 e. The molecule has 1 saturated heterocycles. The average Bonchev–Trinajstić information content (AvgIpc) is 3.18. The van der Waals surface area contributed by atoms with Crippen molar-refractivity contribution in [3.05, 3.63) is 16.1 Å². The van der Waals surface area contributed by atoms with Crippen molar-refractivity contribution >= 4 is 23.4 Å². The Morgan fingerprint density at radius 3 is 2.85 bits per heavy atom. The van der Waals surface area contributed by atoms with E-state index in [0.29, 0.717) is 0 Å². The van der Waals surface area contributed by atoms with E-state index < -0.39 is 5.60 Å². The summed E-state index contributed by atoms with van der Waals surface area (Å²) in [6.45, 7) is 10.2. The summed E-state index contributed by atoms with van der Waals surface area (Å²) in [6, 6.07) is 0.0894. The summed E-state index contributed by atoms with van der Waals surface area (Å²) in [7, 11) is 1.80. The molecule has 1 unspecified atom stereocenters. The molecule has 0 saturated carbocycles. The number of thiazole rings is 1. The molecule has 2 rings (SSSR count). The molecule has 8 heteroatoms. The van der Waals surface area contributed by atoms with Crippen molar-refractivity contribution in [3.63, 3.8) is 0 Å². The molecule has 152 valence electrons. The molecule has 2 heterocycles. The number of aliphatic imine (C=N–C) groups is 1. The number of aromatic nitrogens is 1. The van der Waals surface area contributed by atoms with Gasteiger partial charge in [0.25, 0.3) is 0 Å². The maximum absolute atomic E-state index is 11.9. The van der Waals surface area contributed by atoms with Gasteiger partial charge < -0.3 is 20.3 Å². The molecule has 0 spiro atoms. The normalized spacial score (nSPS) is 17.9. The predicted molar refractivity (Wildman–Crippen MR) is 110 cm³/mol. The molecule has 0 radical (unpaired) electrons. The topological polar surface area (TPSA) is 78.9 Å². The molecular formula is C19H33N5O2S. The average molecular weight is 396 g/mol. The summed E-state index contributed by atoms with van der Waals surface area (Å²) >= 11 is 1.74. The van der Waals surface area contributed by atoms with Gasteiger partial charge in [0.15, 0.2) is 5.96 Å². The Balaban J connectivity index is 1.66. The predicted octanol–water partition coefficient (Wildman–Crippen LogP) is 2.95. The first kappa shape index (κ1) is 21.5. The molecule has 1 aliphatic rings. The third-order valence-electron chi connectivity index (χ3n) is 4.19. The maximum atomic E-state index is 11.9. The van der Waals surface area contributed by atoms with E-state index in [9.17, 15) is 4.79 Å². The van der Waals surface area contributed by atoms with Crippen molar-refractivity contribution in [2.45, 2.75) is 65.0 Å². The van der Waals surface area contributed by atoms with Gasteiger partial charge in [-0.15, -0.1) is 11.3 Å². The van der Waals surface area contributed by atoms with Crippen molar-refractivity contribution in [1.82, 2.24) is 20.5 Å². The summed E-state index contributed by atoms with van der Waals surface area (Å²) in [4.78, 5) is 23.0. The lowest BCUT2D eigenvalue weighted by Crippen LogP contribution is -2.44. The fourth-order valence-electron chi connectivity index (χ4n) is 3.00. The monoisotopic (exact) mass is 395 g/mol. The van der Waals surface area contributed by atoms with Crippen molar-refractivity contribution < 1.29 is 9.53 Å². The third-order valence-corrected chi connectivity index (χ3v) is 5.21. The Hall–Kier alpha value is -1.83. The zero-order valence-electron chi connectivity index (χ0n) is 17.2. The Morgan fingerprint density at radius 1 is 1.44 bits per heavy atom. The van der Waals surface area contributed by atoms with E-state index in [4.69, 9.17) is 4.74 Å². The van der Waals surface area contributed by atoms with Crippen LogP contribution in [-0.2, 0) is 11.2 Å². The second-order valence-corrected chi connectivity index (χ2v) is 8.83. The minimum Gasteiger partial charge on any atom is -0.444 e. The van der Waals surface area contributed by atoms with Crippen molar-refractivity contribution in [2.24, 2.45) is 4.99 Å². The van der Waals surface area contributed by atoms with Gasteiger partial charge in [0.2, 0.25) is 0 Å². The number of hydrogen-bond donors (Lipinski definition) is 2. The van der Waals surface area contributed by atoms with Gasteiger partial charge >= 0.3 is 6.09 Å². The first-order valence-corrected chi connectivity index (χ1v) is 10.5. The Kier molecular flexibility index (Phi) is 7.89. The van der Waals surface area contributed by atoms with E-state index in [0.717, 1.165) is 57.0 Å². The molecule has 0 aromatic carbocycles. The summed E-state index contributed by atoms with van der Waals surface area (Å²) in [5, 5.41) is 9.70. The van der Waals surface area contributed by atoms with Crippen LogP contribution in [0.1, 0.15) is 50.7 Å². The smallest absolute Gasteiger partial charge is 0.407 e. The molecule has 0 aliphatic carbocycles. The van der Waals surface area contributed by atoms with Crippen LogP contribution >= 0.6 is 11.3 Å². The lowest BCUT2D eigenvalue weighted by molar-refractivity contribution is 0.0507. The Labute approximate surface area is 166 Å². The molecule has 1 aliphatic heterocycles. The quantitative estimate of drug-likeness (QED) is 0.440. The number of nitrogens with one attached hydrogen (secondary N) is 2.